The van der Waals surface area contributed by atoms with Gasteiger partial charge in [0.1, 0.15) is 6.07 Å². The summed E-state index contributed by atoms with van der Waals surface area (Å²) in [6.45, 7) is 0.276. The largest absolute Gasteiger partial charge is 0.389 e. The molecule has 92 valence electrons. The molecule has 0 heterocycles. The summed E-state index contributed by atoms with van der Waals surface area (Å²) in [5.41, 5.74) is 1.14. The van der Waals surface area contributed by atoms with E-state index in [1.165, 1.54) is 0 Å². The number of alkyl halides is 3. The number of para-hydroxylation sites is 1. The number of rotatable bonds is 4. The monoisotopic (exact) mass is 242 g/mol. The van der Waals surface area contributed by atoms with Crippen LogP contribution in [0, 0.1) is 11.3 Å². The van der Waals surface area contributed by atoms with Gasteiger partial charge in [0.2, 0.25) is 0 Å². The van der Waals surface area contributed by atoms with Crippen molar-refractivity contribution in [1.29, 1.82) is 5.26 Å². The van der Waals surface area contributed by atoms with E-state index >= 15 is 0 Å². The molecule has 0 atom stereocenters. The maximum Gasteiger partial charge on any atom is 0.389 e. The second kappa shape index (κ2) is 5.58. The predicted molar refractivity (Wildman–Crippen MR) is 59.7 cm³/mol. The van der Waals surface area contributed by atoms with Gasteiger partial charge in [0, 0.05) is 20.0 Å². The Hall–Kier alpha value is -1.70. The van der Waals surface area contributed by atoms with Crippen LogP contribution in [0.5, 0.6) is 0 Å². The van der Waals surface area contributed by atoms with E-state index in [2.05, 4.69) is 0 Å². The van der Waals surface area contributed by atoms with E-state index in [0.717, 1.165) is 0 Å². The Bertz CT molecular complexity index is 407. The second-order valence-corrected chi connectivity index (χ2v) is 3.77. The summed E-state index contributed by atoms with van der Waals surface area (Å²) in [7, 11) is 1.69. The van der Waals surface area contributed by atoms with E-state index in [0.29, 0.717) is 11.3 Å². The number of benzene rings is 1. The SMILES string of the molecule is CN(CCCC(F)(F)F)c1ccccc1C#N. The van der Waals surface area contributed by atoms with Gasteiger partial charge in [0.25, 0.3) is 0 Å². The molecule has 1 aromatic carbocycles. The van der Waals surface area contributed by atoms with E-state index < -0.39 is 12.6 Å². The zero-order chi connectivity index (χ0) is 12.9. The summed E-state index contributed by atoms with van der Waals surface area (Å²) in [4.78, 5) is 1.67. The Morgan fingerprint density at radius 3 is 2.53 bits per heavy atom. The maximum absolute atomic E-state index is 12.0. The fourth-order valence-electron chi connectivity index (χ4n) is 1.54. The van der Waals surface area contributed by atoms with Crippen molar-refractivity contribution >= 4 is 5.69 Å². The van der Waals surface area contributed by atoms with Crippen molar-refractivity contribution in [3.05, 3.63) is 29.8 Å². The Kier molecular flexibility index (Phi) is 4.38. The van der Waals surface area contributed by atoms with Crippen LogP contribution in [0.4, 0.5) is 18.9 Å². The van der Waals surface area contributed by atoms with Gasteiger partial charge in [0.05, 0.1) is 11.3 Å². The van der Waals surface area contributed by atoms with Crippen LogP contribution >= 0.6 is 0 Å². The van der Waals surface area contributed by atoms with Gasteiger partial charge >= 0.3 is 6.18 Å². The molecule has 0 spiro atoms. The van der Waals surface area contributed by atoms with Crippen LogP contribution in [-0.2, 0) is 0 Å². The minimum absolute atomic E-state index is 0.0275. The number of hydrogen-bond donors (Lipinski definition) is 0. The van der Waals surface area contributed by atoms with Crippen LogP contribution < -0.4 is 4.90 Å². The van der Waals surface area contributed by atoms with E-state index in [1.807, 2.05) is 6.07 Å². The minimum Gasteiger partial charge on any atom is -0.374 e. The third-order valence-electron chi connectivity index (χ3n) is 2.39. The molecule has 0 bridgehead atoms. The molecule has 0 saturated carbocycles. The summed E-state index contributed by atoms with van der Waals surface area (Å²) < 4.78 is 35.9. The number of nitriles is 1. The fourth-order valence-corrected chi connectivity index (χ4v) is 1.54. The quantitative estimate of drug-likeness (QED) is 0.809. The Morgan fingerprint density at radius 2 is 1.94 bits per heavy atom. The molecule has 0 aromatic heterocycles. The molecule has 5 heteroatoms. The van der Waals surface area contributed by atoms with Crippen LogP contribution in [0.15, 0.2) is 24.3 Å². The zero-order valence-electron chi connectivity index (χ0n) is 9.46. The van der Waals surface area contributed by atoms with E-state index in [-0.39, 0.29) is 13.0 Å². The van der Waals surface area contributed by atoms with Crippen LogP contribution in [0.2, 0.25) is 0 Å². The van der Waals surface area contributed by atoms with Gasteiger partial charge in [-0.15, -0.1) is 0 Å². The standard InChI is InChI=1S/C12H13F3N2/c1-17(8-4-7-12(13,14)15)11-6-3-2-5-10(11)9-16/h2-3,5-6H,4,7-8H2,1H3. The highest BCUT2D eigenvalue weighted by molar-refractivity contribution is 5.58. The molecule has 0 amide bonds. The molecule has 0 unspecified atom stereocenters. The van der Waals surface area contributed by atoms with Crippen LogP contribution in [0.25, 0.3) is 0 Å². The first-order valence-corrected chi connectivity index (χ1v) is 5.21. The molecule has 0 aliphatic rings. The molecule has 0 radical (unpaired) electrons. The Labute approximate surface area is 98.3 Å². The Balaban J connectivity index is 2.59. The zero-order valence-corrected chi connectivity index (χ0v) is 9.46. The van der Waals surface area contributed by atoms with Crippen molar-refractivity contribution in [2.45, 2.75) is 19.0 Å². The van der Waals surface area contributed by atoms with Gasteiger partial charge in [-0.05, 0) is 18.6 Å². The summed E-state index contributed by atoms with van der Waals surface area (Å²) in [5, 5.41) is 8.87. The highest BCUT2D eigenvalue weighted by Gasteiger charge is 2.26. The lowest BCUT2D eigenvalue weighted by Gasteiger charge is -2.20. The van der Waals surface area contributed by atoms with Crippen molar-refractivity contribution in [3.8, 4) is 6.07 Å². The first kappa shape index (κ1) is 13.4. The fraction of sp³-hybridized carbons (Fsp3) is 0.417. The van der Waals surface area contributed by atoms with Crippen molar-refractivity contribution in [2.75, 3.05) is 18.5 Å². The van der Waals surface area contributed by atoms with Gasteiger partial charge in [0.15, 0.2) is 0 Å². The third kappa shape index (κ3) is 4.35. The van der Waals surface area contributed by atoms with Crippen molar-refractivity contribution < 1.29 is 13.2 Å². The van der Waals surface area contributed by atoms with E-state index in [9.17, 15) is 13.2 Å². The number of halogens is 3. The molecule has 0 aliphatic heterocycles. The molecule has 0 N–H and O–H groups in total. The number of anilines is 1. The maximum atomic E-state index is 12.0. The first-order valence-electron chi connectivity index (χ1n) is 5.21. The van der Waals surface area contributed by atoms with Gasteiger partial charge < -0.3 is 4.90 Å². The second-order valence-electron chi connectivity index (χ2n) is 3.77. The molecule has 1 rings (SSSR count). The highest BCUT2D eigenvalue weighted by atomic mass is 19.4. The van der Waals surface area contributed by atoms with Crippen LogP contribution in [-0.4, -0.2) is 19.8 Å². The lowest BCUT2D eigenvalue weighted by molar-refractivity contribution is -0.135. The van der Waals surface area contributed by atoms with Crippen LogP contribution in [0.1, 0.15) is 18.4 Å². The summed E-state index contributed by atoms with van der Waals surface area (Å²) in [6, 6.07) is 8.88. The molecule has 2 nitrogen and oxygen atoms in total. The molecule has 0 saturated heterocycles. The number of hydrogen-bond acceptors (Lipinski definition) is 2. The minimum atomic E-state index is -4.12. The third-order valence-corrected chi connectivity index (χ3v) is 2.39. The average Bonchev–Trinajstić information content (AvgIpc) is 2.27. The summed E-state index contributed by atoms with van der Waals surface area (Å²) >= 11 is 0. The molecular formula is C12H13F3N2. The van der Waals surface area contributed by atoms with Crippen molar-refractivity contribution in [1.82, 2.24) is 0 Å². The lowest BCUT2D eigenvalue weighted by atomic mass is 10.1. The summed E-state index contributed by atoms with van der Waals surface area (Å²) in [5.74, 6) is 0. The number of nitrogens with zero attached hydrogens (tertiary/aromatic N) is 2. The van der Waals surface area contributed by atoms with E-state index in [1.54, 1.807) is 36.2 Å². The van der Waals surface area contributed by atoms with Crippen molar-refractivity contribution in [3.63, 3.8) is 0 Å². The van der Waals surface area contributed by atoms with Crippen molar-refractivity contribution in [2.24, 2.45) is 0 Å². The topological polar surface area (TPSA) is 27.0 Å². The van der Waals surface area contributed by atoms with Crippen LogP contribution in [0.3, 0.4) is 0 Å². The molecule has 0 aliphatic carbocycles. The molecule has 17 heavy (non-hydrogen) atoms. The van der Waals surface area contributed by atoms with Gasteiger partial charge in [-0.1, -0.05) is 12.1 Å². The summed E-state index contributed by atoms with van der Waals surface area (Å²) in [6.07, 6.45) is -4.89. The van der Waals surface area contributed by atoms with Gasteiger partial charge in [-0.3, -0.25) is 0 Å². The smallest absolute Gasteiger partial charge is 0.374 e. The first-order chi connectivity index (χ1) is 7.94. The van der Waals surface area contributed by atoms with E-state index in [4.69, 9.17) is 5.26 Å². The average molecular weight is 242 g/mol. The molecule has 0 fully saturated rings. The molecular weight excluding hydrogens is 229 g/mol. The highest BCUT2D eigenvalue weighted by Crippen LogP contribution is 2.23. The van der Waals surface area contributed by atoms with Gasteiger partial charge in [-0.25, -0.2) is 0 Å². The normalized spacial score (nSPS) is 11.0. The Morgan fingerprint density at radius 1 is 1.29 bits per heavy atom. The molecule has 1 aromatic rings. The van der Waals surface area contributed by atoms with Gasteiger partial charge in [-0.2, -0.15) is 18.4 Å². The lowest BCUT2D eigenvalue weighted by Crippen LogP contribution is -2.21. The predicted octanol–water partition coefficient (Wildman–Crippen LogP) is 3.34.